The number of pyridine rings is 1. The maximum atomic E-state index is 13.4. The molecule has 1 saturated carbocycles. The molecule has 0 unspecified atom stereocenters. The first-order valence-corrected chi connectivity index (χ1v) is 11.9. The van der Waals surface area contributed by atoms with E-state index in [0.29, 0.717) is 30.9 Å². The average molecular weight is 438 g/mol. The van der Waals surface area contributed by atoms with Gasteiger partial charge in [0.05, 0.1) is 6.04 Å². The predicted molar refractivity (Wildman–Crippen MR) is 127 cm³/mol. The molecule has 1 saturated heterocycles. The molecule has 0 spiro atoms. The van der Waals surface area contributed by atoms with Gasteiger partial charge in [-0.1, -0.05) is 32.4 Å². The summed E-state index contributed by atoms with van der Waals surface area (Å²) in [5.41, 5.74) is 6.93. The number of fused-ring (bicyclic) bond motifs is 1. The van der Waals surface area contributed by atoms with Crippen LogP contribution in [0.5, 0.6) is 0 Å². The molecule has 7 heteroatoms. The van der Waals surface area contributed by atoms with Crippen LogP contribution in [0.3, 0.4) is 0 Å². The molecule has 2 heterocycles. The number of nitrogen functional groups attached to an aromatic ring is 1. The second-order valence-electron chi connectivity index (χ2n) is 9.64. The third-order valence-electron chi connectivity index (χ3n) is 6.71. The van der Waals surface area contributed by atoms with Crippen LogP contribution in [0.15, 0.2) is 30.5 Å². The van der Waals surface area contributed by atoms with Gasteiger partial charge in [0.25, 0.3) is 0 Å². The van der Waals surface area contributed by atoms with Gasteiger partial charge in [-0.3, -0.25) is 9.59 Å². The van der Waals surface area contributed by atoms with Crippen LogP contribution in [0.2, 0.25) is 0 Å². The second-order valence-corrected chi connectivity index (χ2v) is 9.64. The molecule has 172 valence electrons. The van der Waals surface area contributed by atoms with Gasteiger partial charge in [0.2, 0.25) is 11.8 Å². The zero-order valence-electron chi connectivity index (χ0n) is 19.1. The van der Waals surface area contributed by atoms with Crippen molar-refractivity contribution in [2.24, 2.45) is 5.92 Å². The number of hydrogen-bond donors (Lipinski definition) is 3. The fraction of sp³-hybridized carbons (Fsp3) is 0.560. The van der Waals surface area contributed by atoms with Crippen LogP contribution in [-0.2, 0) is 16.1 Å². The third-order valence-corrected chi connectivity index (χ3v) is 6.71. The van der Waals surface area contributed by atoms with Gasteiger partial charge in [0, 0.05) is 30.7 Å². The van der Waals surface area contributed by atoms with E-state index in [9.17, 15) is 9.59 Å². The minimum Gasteiger partial charge on any atom is -0.383 e. The van der Waals surface area contributed by atoms with Gasteiger partial charge in [-0.25, -0.2) is 4.98 Å². The molecule has 1 aromatic heterocycles. The molecule has 2 aliphatic rings. The standard InChI is InChI=1S/C25H35N5O2/c1-16(2)13-21(29-19-5-3-6-19)25(32)30-12-4-7-22(30)24(31)28-15-17-8-9-20-18(14-17)10-11-27-23(20)26/h8-11,14,16,19,21-22,29H,3-7,12-13,15H2,1-2H3,(H2,26,27)(H,28,31)/t21-,22+/m1/s1. The van der Waals surface area contributed by atoms with Crippen LogP contribution in [0.25, 0.3) is 10.8 Å². The summed E-state index contributed by atoms with van der Waals surface area (Å²) < 4.78 is 0. The van der Waals surface area contributed by atoms with Gasteiger partial charge in [-0.15, -0.1) is 0 Å². The Balaban J connectivity index is 1.39. The highest BCUT2D eigenvalue weighted by molar-refractivity contribution is 5.92. The Hall–Kier alpha value is -2.67. The molecule has 7 nitrogen and oxygen atoms in total. The first-order chi connectivity index (χ1) is 15.4. The summed E-state index contributed by atoms with van der Waals surface area (Å²) in [5, 5.41) is 8.52. The van der Waals surface area contributed by atoms with Crippen molar-refractivity contribution in [3.63, 3.8) is 0 Å². The molecular weight excluding hydrogens is 402 g/mol. The lowest BCUT2D eigenvalue weighted by Crippen LogP contribution is -2.55. The molecule has 32 heavy (non-hydrogen) atoms. The predicted octanol–water partition coefficient (Wildman–Crippen LogP) is 2.98. The van der Waals surface area contributed by atoms with Gasteiger partial charge in [0.15, 0.2) is 0 Å². The van der Waals surface area contributed by atoms with E-state index in [-0.39, 0.29) is 23.9 Å². The van der Waals surface area contributed by atoms with Gasteiger partial charge in [0.1, 0.15) is 11.9 Å². The van der Waals surface area contributed by atoms with Gasteiger partial charge < -0.3 is 21.3 Å². The number of rotatable bonds is 8. The Kier molecular flexibility index (Phi) is 6.94. The molecule has 0 radical (unpaired) electrons. The molecule has 2 fully saturated rings. The van der Waals surface area contributed by atoms with Crippen molar-refractivity contribution in [3.05, 3.63) is 36.0 Å². The lowest BCUT2D eigenvalue weighted by atomic mass is 9.91. The highest BCUT2D eigenvalue weighted by Crippen LogP contribution is 2.24. The molecular formula is C25H35N5O2. The normalized spacial score (nSPS) is 19.8. The number of nitrogens with two attached hydrogens (primary N) is 1. The van der Waals surface area contributed by atoms with Crippen molar-refractivity contribution in [3.8, 4) is 0 Å². The van der Waals surface area contributed by atoms with Crippen LogP contribution < -0.4 is 16.4 Å². The maximum absolute atomic E-state index is 13.4. The number of aromatic nitrogens is 1. The average Bonchev–Trinajstić information content (AvgIpc) is 3.23. The minimum atomic E-state index is -0.388. The van der Waals surface area contributed by atoms with E-state index < -0.39 is 0 Å². The van der Waals surface area contributed by atoms with Gasteiger partial charge >= 0.3 is 0 Å². The fourth-order valence-electron chi connectivity index (χ4n) is 4.74. The van der Waals surface area contributed by atoms with E-state index in [1.807, 2.05) is 24.3 Å². The van der Waals surface area contributed by atoms with E-state index in [0.717, 1.165) is 48.4 Å². The minimum absolute atomic E-state index is 0.0721. The Bertz CT molecular complexity index is 972. The zero-order chi connectivity index (χ0) is 22.7. The number of benzene rings is 1. The Labute approximate surface area is 190 Å². The number of carbonyl (C=O) groups is 2. The van der Waals surface area contributed by atoms with Crippen LogP contribution in [0.1, 0.15) is 57.9 Å². The number of likely N-dealkylation sites (tertiary alicyclic amines) is 1. The summed E-state index contributed by atoms with van der Waals surface area (Å²) in [4.78, 5) is 32.3. The van der Waals surface area contributed by atoms with E-state index in [1.54, 1.807) is 11.1 Å². The molecule has 2 atom stereocenters. The Morgan fingerprint density at radius 3 is 2.72 bits per heavy atom. The van der Waals surface area contributed by atoms with E-state index in [2.05, 4.69) is 29.5 Å². The van der Waals surface area contributed by atoms with E-state index in [4.69, 9.17) is 5.73 Å². The van der Waals surface area contributed by atoms with Crippen molar-refractivity contribution in [2.75, 3.05) is 12.3 Å². The van der Waals surface area contributed by atoms with Crippen LogP contribution >= 0.6 is 0 Å². The van der Waals surface area contributed by atoms with E-state index >= 15 is 0 Å². The summed E-state index contributed by atoms with van der Waals surface area (Å²) in [5.74, 6) is 0.933. The highest BCUT2D eigenvalue weighted by atomic mass is 16.2. The lowest BCUT2D eigenvalue weighted by Gasteiger charge is -2.35. The smallest absolute Gasteiger partial charge is 0.243 e. The van der Waals surface area contributed by atoms with Crippen molar-refractivity contribution >= 4 is 28.4 Å². The topological polar surface area (TPSA) is 100 Å². The Morgan fingerprint density at radius 1 is 1.19 bits per heavy atom. The summed E-state index contributed by atoms with van der Waals surface area (Å²) in [6.07, 6.45) is 7.58. The fourth-order valence-corrected chi connectivity index (χ4v) is 4.74. The molecule has 1 aliphatic heterocycles. The molecule has 4 rings (SSSR count). The first kappa shape index (κ1) is 22.5. The SMILES string of the molecule is CC(C)C[C@@H](NC1CCC1)C(=O)N1CCC[C@H]1C(=O)NCc1ccc2c(N)nccc2c1. The number of carbonyl (C=O) groups excluding carboxylic acids is 2. The first-order valence-electron chi connectivity index (χ1n) is 11.9. The van der Waals surface area contributed by atoms with Gasteiger partial charge in [-0.2, -0.15) is 0 Å². The monoisotopic (exact) mass is 437 g/mol. The van der Waals surface area contributed by atoms with Crippen LogP contribution in [0.4, 0.5) is 5.82 Å². The van der Waals surface area contributed by atoms with Crippen LogP contribution in [0, 0.1) is 5.92 Å². The molecule has 2 aromatic rings. The van der Waals surface area contributed by atoms with Crippen molar-refractivity contribution < 1.29 is 9.59 Å². The largest absolute Gasteiger partial charge is 0.383 e. The molecule has 1 aromatic carbocycles. The summed E-state index contributed by atoms with van der Waals surface area (Å²) >= 11 is 0. The summed E-state index contributed by atoms with van der Waals surface area (Å²) in [6.45, 7) is 5.36. The summed E-state index contributed by atoms with van der Waals surface area (Å²) in [7, 11) is 0. The van der Waals surface area contributed by atoms with Gasteiger partial charge in [-0.05, 0) is 61.1 Å². The second kappa shape index (κ2) is 9.86. The quantitative estimate of drug-likeness (QED) is 0.589. The van der Waals surface area contributed by atoms with Crippen molar-refractivity contribution in [1.82, 2.24) is 20.5 Å². The van der Waals surface area contributed by atoms with Crippen LogP contribution in [-0.4, -0.2) is 46.4 Å². The van der Waals surface area contributed by atoms with E-state index in [1.165, 1.54) is 6.42 Å². The molecule has 1 aliphatic carbocycles. The number of nitrogens with one attached hydrogen (secondary N) is 2. The Morgan fingerprint density at radius 2 is 2.00 bits per heavy atom. The zero-order valence-corrected chi connectivity index (χ0v) is 19.1. The molecule has 4 N–H and O–H groups in total. The van der Waals surface area contributed by atoms with Crippen molar-refractivity contribution in [1.29, 1.82) is 0 Å². The lowest BCUT2D eigenvalue weighted by molar-refractivity contribution is -0.140. The number of amides is 2. The summed E-state index contributed by atoms with van der Waals surface area (Å²) in [6, 6.07) is 7.68. The number of hydrogen-bond acceptors (Lipinski definition) is 5. The maximum Gasteiger partial charge on any atom is 0.243 e. The van der Waals surface area contributed by atoms with Crippen molar-refractivity contribution in [2.45, 2.75) is 77.0 Å². The third kappa shape index (κ3) is 5.04. The molecule has 2 amide bonds. The molecule has 0 bridgehead atoms. The highest BCUT2D eigenvalue weighted by Gasteiger charge is 2.38. The number of anilines is 1. The number of nitrogens with zero attached hydrogens (tertiary/aromatic N) is 2.